The number of aryl methyl sites for hydroxylation is 1. The number of urea groups is 1. The van der Waals surface area contributed by atoms with Gasteiger partial charge < -0.3 is 20.5 Å². The summed E-state index contributed by atoms with van der Waals surface area (Å²) in [4.78, 5) is 11.7. The molecule has 3 N–H and O–H groups in total. The highest BCUT2D eigenvalue weighted by molar-refractivity contribution is 5.90. The van der Waals surface area contributed by atoms with Gasteiger partial charge in [-0.1, -0.05) is 18.2 Å². The average molecular weight is 250 g/mol. The minimum absolute atomic E-state index is 0.199. The van der Waals surface area contributed by atoms with Crippen LogP contribution in [-0.4, -0.2) is 36.5 Å². The van der Waals surface area contributed by atoms with Gasteiger partial charge in [-0.2, -0.15) is 0 Å². The first-order valence-corrected chi connectivity index (χ1v) is 6.00. The maximum atomic E-state index is 11.7. The fourth-order valence-corrected chi connectivity index (χ4v) is 1.86. The second-order valence-corrected chi connectivity index (χ2v) is 4.65. The highest BCUT2D eigenvalue weighted by Gasteiger charge is 2.32. The Kier molecular flexibility index (Phi) is 3.84. The van der Waals surface area contributed by atoms with Crippen molar-refractivity contribution in [2.24, 2.45) is 0 Å². The lowest BCUT2D eigenvalue weighted by Gasteiger charge is -2.20. The molecule has 1 aliphatic heterocycles. The molecule has 1 aliphatic rings. The number of nitrogens with one attached hydrogen (secondary N) is 2. The first-order valence-electron chi connectivity index (χ1n) is 6.00. The molecule has 0 bridgehead atoms. The molecular formula is C13H18N2O3. The lowest BCUT2D eigenvalue weighted by Crippen LogP contribution is -2.44. The van der Waals surface area contributed by atoms with Gasteiger partial charge >= 0.3 is 6.03 Å². The van der Waals surface area contributed by atoms with Gasteiger partial charge in [0, 0.05) is 18.7 Å². The van der Waals surface area contributed by atoms with Gasteiger partial charge in [-0.25, -0.2) is 4.79 Å². The second-order valence-electron chi connectivity index (χ2n) is 4.65. The molecule has 5 nitrogen and oxygen atoms in total. The summed E-state index contributed by atoms with van der Waals surface area (Å²) in [5, 5.41) is 15.4. The molecule has 1 atom stereocenters. The first-order chi connectivity index (χ1) is 8.59. The number of para-hydroxylation sites is 1. The van der Waals surface area contributed by atoms with Gasteiger partial charge in [-0.15, -0.1) is 0 Å². The fourth-order valence-electron chi connectivity index (χ4n) is 1.86. The molecule has 0 radical (unpaired) electrons. The van der Waals surface area contributed by atoms with E-state index in [4.69, 9.17) is 4.74 Å². The predicted octanol–water partition coefficient (Wildman–Crippen LogP) is 1.27. The van der Waals surface area contributed by atoms with Gasteiger partial charge in [-0.05, 0) is 18.6 Å². The summed E-state index contributed by atoms with van der Waals surface area (Å²) >= 11 is 0. The summed E-state index contributed by atoms with van der Waals surface area (Å²) in [7, 11) is 0. The quantitative estimate of drug-likeness (QED) is 0.756. The number of hydrogen-bond donors (Lipinski definition) is 3. The number of aliphatic hydroxyl groups is 1. The third-order valence-electron chi connectivity index (χ3n) is 3.05. The van der Waals surface area contributed by atoms with Gasteiger partial charge in [0.05, 0.1) is 13.2 Å². The summed E-state index contributed by atoms with van der Waals surface area (Å²) in [6.07, 6.45) is 0.553. The molecule has 1 heterocycles. The minimum Gasteiger partial charge on any atom is -0.386 e. The van der Waals surface area contributed by atoms with Crippen molar-refractivity contribution in [3.63, 3.8) is 0 Å². The Labute approximate surface area is 106 Å². The number of rotatable bonds is 3. The molecule has 0 saturated carbocycles. The highest BCUT2D eigenvalue weighted by Crippen LogP contribution is 2.17. The van der Waals surface area contributed by atoms with Crippen LogP contribution < -0.4 is 10.6 Å². The Morgan fingerprint density at radius 3 is 2.94 bits per heavy atom. The van der Waals surface area contributed by atoms with E-state index in [0.717, 1.165) is 11.3 Å². The van der Waals surface area contributed by atoms with Gasteiger partial charge in [-0.3, -0.25) is 0 Å². The van der Waals surface area contributed by atoms with Crippen LogP contribution >= 0.6 is 0 Å². The van der Waals surface area contributed by atoms with Crippen molar-refractivity contribution in [2.45, 2.75) is 18.9 Å². The zero-order valence-corrected chi connectivity index (χ0v) is 10.4. The largest absolute Gasteiger partial charge is 0.386 e. The maximum Gasteiger partial charge on any atom is 0.319 e. The van der Waals surface area contributed by atoms with Crippen LogP contribution in [0.2, 0.25) is 0 Å². The van der Waals surface area contributed by atoms with Crippen molar-refractivity contribution in [3.05, 3.63) is 29.8 Å². The standard InChI is InChI=1S/C13H18N2O3/c1-10-4-2-3-5-11(10)15-12(16)14-8-13(17)6-7-18-9-13/h2-5,17H,6-9H2,1H3,(H2,14,15,16)/t13-/m1/s1. The first kappa shape index (κ1) is 12.9. The van der Waals surface area contributed by atoms with E-state index in [2.05, 4.69) is 10.6 Å². The van der Waals surface area contributed by atoms with E-state index in [-0.39, 0.29) is 19.2 Å². The molecule has 0 aliphatic carbocycles. The summed E-state index contributed by atoms with van der Waals surface area (Å²) in [6.45, 7) is 2.94. The van der Waals surface area contributed by atoms with Crippen molar-refractivity contribution in [1.82, 2.24) is 5.32 Å². The summed E-state index contributed by atoms with van der Waals surface area (Å²) in [5.41, 5.74) is 0.837. The molecule has 2 amide bonds. The van der Waals surface area contributed by atoms with Crippen LogP contribution in [0.5, 0.6) is 0 Å². The van der Waals surface area contributed by atoms with E-state index in [1.807, 2.05) is 31.2 Å². The third kappa shape index (κ3) is 3.21. The molecular weight excluding hydrogens is 232 g/mol. The molecule has 18 heavy (non-hydrogen) atoms. The zero-order chi connectivity index (χ0) is 13.0. The van der Waals surface area contributed by atoms with Gasteiger partial charge in [0.15, 0.2) is 0 Å². The van der Waals surface area contributed by atoms with Gasteiger partial charge in [0.2, 0.25) is 0 Å². The van der Waals surface area contributed by atoms with Crippen molar-refractivity contribution < 1.29 is 14.6 Å². The molecule has 0 aromatic heterocycles. The van der Waals surface area contributed by atoms with E-state index >= 15 is 0 Å². The Morgan fingerprint density at radius 1 is 1.50 bits per heavy atom. The van der Waals surface area contributed by atoms with Gasteiger partial charge in [0.1, 0.15) is 5.60 Å². The van der Waals surface area contributed by atoms with Crippen LogP contribution in [0.15, 0.2) is 24.3 Å². The van der Waals surface area contributed by atoms with Gasteiger partial charge in [0.25, 0.3) is 0 Å². The van der Waals surface area contributed by atoms with E-state index in [1.165, 1.54) is 0 Å². The molecule has 0 spiro atoms. The third-order valence-corrected chi connectivity index (χ3v) is 3.05. The Bertz CT molecular complexity index is 428. The molecule has 2 rings (SSSR count). The van der Waals surface area contributed by atoms with Crippen LogP contribution in [0.4, 0.5) is 10.5 Å². The SMILES string of the molecule is Cc1ccccc1NC(=O)NC[C@]1(O)CCOC1. The molecule has 1 aromatic rings. The number of ether oxygens (including phenoxy) is 1. The van der Waals surface area contributed by atoms with Crippen molar-refractivity contribution >= 4 is 11.7 Å². The second kappa shape index (κ2) is 5.37. The molecule has 1 aromatic carbocycles. The Balaban J connectivity index is 1.84. The average Bonchev–Trinajstić information content (AvgIpc) is 2.77. The number of hydrogen-bond acceptors (Lipinski definition) is 3. The number of amides is 2. The number of benzene rings is 1. The minimum atomic E-state index is -0.928. The van der Waals surface area contributed by atoms with Crippen LogP contribution in [0.3, 0.4) is 0 Å². The molecule has 98 valence electrons. The van der Waals surface area contributed by atoms with Crippen LogP contribution in [0.25, 0.3) is 0 Å². The van der Waals surface area contributed by atoms with Crippen LogP contribution in [0, 0.1) is 6.92 Å². The monoisotopic (exact) mass is 250 g/mol. The number of anilines is 1. The van der Waals surface area contributed by atoms with Crippen molar-refractivity contribution in [3.8, 4) is 0 Å². The number of carbonyl (C=O) groups is 1. The molecule has 1 saturated heterocycles. The van der Waals surface area contributed by atoms with E-state index in [1.54, 1.807) is 0 Å². The van der Waals surface area contributed by atoms with Crippen molar-refractivity contribution in [1.29, 1.82) is 0 Å². The van der Waals surface area contributed by atoms with E-state index in [0.29, 0.717) is 13.0 Å². The lowest BCUT2D eigenvalue weighted by atomic mass is 10.0. The smallest absolute Gasteiger partial charge is 0.319 e. The normalized spacial score (nSPS) is 22.8. The van der Waals surface area contributed by atoms with E-state index < -0.39 is 5.60 Å². The Hall–Kier alpha value is -1.59. The highest BCUT2D eigenvalue weighted by atomic mass is 16.5. The lowest BCUT2D eigenvalue weighted by molar-refractivity contribution is 0.0295. The number of carbonyl (C=O) groups excluding carboxylic acids is 1. The summed E-state index contributed by atoms with van der Waals surface area (Å²) < 4.78 is 5.11. The topological polar surface area (TPSA) is 70.6 Å². The zero-order valence-electron chi connectivity index (χ0n) is 10.4. The molecule has 1 fully saturated rings. The summed E-state index contributed by atoms with van der Waals surface area (Å²) in [6, 6.07) is 7.22. The molecule has 5 heteroatoms. The fraction of sp³-hybridized carbons (Fsp3) is 0.462. The van der Waals surface area contributed by atoms with Crippen LogP contribution in [-0.2, 0) is 4.74 Å². The van der Waals surface area contributed by atoms with Crippen LogP contribution in [0.1, 0.15) is 12.0 Å². The summed E-state index contributed by atoms with van der Waals surface area (Å²) in [5.74, 6) is 0. The predicted molar refractivity (Wildman–Crippen MR) is 68.6 cm³/mol. The van der Waals surface area contributed by atoms with Crippen molar-refractivity contribution in [2.75, 3.05) is 25.1 Å². The maximum absolute atomic E-state index is 11.7. The Morgan fingerprint density at radius 2 is 2.28 bits per heavy atom. The molecule has 0 unspecified atom stereocenters. The van der Waals surface area contributed by atoms with E-state index in [9.17, 15) is 9.90 Å².